The van der Waals surface area contributed by atoms with Gasteiger partial charge in [0.05, 0.1) is 16.8 Å². The highest BCUT2D eigenvalue weighted by Crippen LogP contribution is 2.36. The second-order valence-electron chi connectivity index (χ2n) is 5.69. The van der Waals surface area contributed by atoms with Crippen LogP contribution in [0.1, 0.15) is 12.5 Å². The van der Waals surface area contributed by atoms with E-state index in [0.717, 1.165) is 6.07 Å². The Morgan fingerprint density at radius 1 is 1.25 bits per heavy atom. The summed E-state index contributed by atoms with van der Waals surface area (Å²) in [6, 6.07) is 7.09. The van der Waals surface area contributed by atoms with Gasteiger partial charge in [0.25, 0.3) is 11.8 Å². The van der Waals surface area contributed by atoms with E-state index < -0.39 is 23.7 Å². The third kappa shape index (κ3) is 3.61. The molecule has 0 unspecified atom stereocenters. The lowest BCUT2D eigenvalue weighted by Gasteiger charge is -2.26. The molecule has 3 rings (SSSR count). The summed E-state index contributed by atoms with van der Waals surface area (Å²) in [7, 11) is 0. The van der Waals surface area contributed by atoms with Crippen LogP contribution < -0.4 is 15.0 Å². The molecule has 0 spiro atoms. The number of rotatable bonds is 4. The Hall–Kier alpha value is -3.20. The third-order valence-corrected chi connectivity index (χ3v) is 4.46. The van der Waals surface area contributed by atoms with Gasteiger partial charge in [-0.2, -0.15) is 0 Å². The highest BCUT2D eigenvalue weighted by Gasteiger charge is 2.38. The van der Waals surface area contributed by atoms with Gasteiger partial charge in [-0.25, -0.2) is 14.1 Å². The number of barbiturate groups is 1. The number of para-hydroxylation sites is 1. The second-order valence-corrected chi connectivity index (χ2v) is 6.55. The first-order valence-electron chi connectivity index (χ1n) is 8.14. The standard InChI is InChI=1S/C19H14BrFN2O5/c1-2-28-15-9-10(8-12(20)16(15)24)7-11-17(25)22-19(27)23(18(11)26)14-6-4-3-5-13(14)21/h3-9,24H,2H2,1H3,(H,22,25,27)/b11-7-. The molecule has 7 nitrogen and oxygen atoms in total. The van der Waals surface area contributed by atoms with Crippen LogP contribution in [0.15, 0.2) is 46.4 Å². The van der Waals surface area contributed by atoms with Crippen molar-refractivity contribution in [3.63, 3.8) is 0 Å². The number of amides is 4. The summed E-state index contributed by atoms with van der Waals surface area (Å²) >= 11 is 3.17. The Bertz CT molecular complexity index is 1020. The average molecular weight is 449 g/mol. The fourth-order valence-electron chi connectivity index (χ4n) is 2.62. The number of hydrogen-bond acceptors (Lipinski definition) is 5. The predicted octanol–water partition coefficient (Wildman–Crippen LogP) is 3.36. The molecule has 9 heteroatoms. The zero-order chi connectivity index (χ0) is 20.4. The van der Waals surface area contributed by atoms with Crippen molar-refractivity contribution in [3.05, 3.63) is 57.8 Å². The fraction of sp³-hybridized carbons (Fsp3) is 0.105. The average Bonchev–Trinajstić information content (AvgIpc) is 2.64. The molecule has 2 aromatic rings. The third-order valence-electron chi connectivity index (χ3n) is 3.86. The molecule has 1 saturated heterocycles. The van der Waals surface area contributed by atoms with E-state index in [0.29, 0.717) is 10.5 Å². The van der Waals surface area contributed by atoms with E-state index >= 15 is 0 Å². The number of phenolic OH excluding ortho intramolecular Hbond substituents is 1. The van der Waals surface area contributed by atoms with Crippen molar-refractivity contribution in [3.8, 4) is 11.5 Å². The Labute approximate surface area is 167 Å². The molecule has 1 aliphatic heterocycles. The van der Waals surface area contributed by atoms with Crippen LogP contribution >= 0.6 is 15.9 Å². The molecule has 144 valence electrons. The van der Waals surface area contributed by atoms with Gasteiger partial charge in [0.2, 0.25) is 0 Å². The van der Waals surface area contributed by atoms with Crippen LogP contribution in [0.2, 0.25) is 0 Å². The van der Waals surface area contributed by atoms with Crippen LogP contribution in [0.25, 0.3) is 6.08 Å². The molecule has 1 fully saturated rings. The summed E-state index contributed by atoms with van der Waals surface area (Å²) in [4.78, 5) is 37.7. The van der Waals surface area contributed by atoms with Gasteiger partial charge >= 0.3 is 6.03 Å². The minimum absolute atomic E-state index is 0.133. The Kier molecular flexibility index (Phi) is 5.46. The van der Waals surface area contributed by atoms with Crippen molar-refractivity contribution in [2.45, 2.75) is 6.92 Å². The topological polar surface area (TPSA) is 95.9 Å². The minimum atomic E-state index is -1.04. The van der Waals surface area contributed by atoms with E-state index in [1.807, 2.05) is 5.32 Å². The van der Waals surface area contributed by atoms with Gasteiger partial charge in [-0.3, -0.25) is 14.9 Å². The summed E-state index contributed by atoms with van der Waals surface area (Å²) in [5.41, 5.74) is -0.289. The molecule has 28 heavy (non-hydrogen) atoms. The van der Waals surface area contributed by atoms with E-state index in [2.05, 4.69) is 15.9 Å². The molecular weight excluding hydrogens is 435 g/mol. The number of carbonyl (C=O) groups excluding carboxylic acids is 3. The predicted molar refractivity (Wildman–Crippen MR) is 102 cm³/mol. The first-order chi connectivity index (χ1) is 13.3. The molecule has 1 heterocycles. The van der Waals surface area contributed by atoms with Gasteiger partial charge in [0, 0.05) is 0 Å². The van der Waals surface area contributed by atoms with E-state index in [1.165, 1.54) is 36.4 Å². The number of hydrogen-bond donors (Lipinski definition) is 2. The zero-order valence-electron chi connectivity index (χ0n) is 14.5. The number of anilines is 1. The number of benzene rings is 2. The van der Waals surface area contributed by atoms with E-state index in [-0.39, 0.29) is 33.8 Å². The molecule has 0 radical (unpaired) electrons. The van der Waals surface area contributed by atoms with Crippen LogP contribution in [0, 0.1) is 5.82 Å². The number of carbonyl (C=O) groups is 3. The van der Waals surface area contributed by atoms with Gasteiger partial charge in [-0.1, -0.05) is 12.1 Å². The molecule has 0 atom stereocenters. The quantitative estimate of drug-likeness (QED) is 0.552. The lowest BCUT2D eigenvalue weighted by molar-refractivity contribution is -0.122. The maximum Gasteiger partial charge on any atom is 0.336 e. The van der Waals surface area contributed by atoms with E-state index in [1.54, 1.807) is 6.92 Å². The number of halogens is 2. The van der Waals surface area contributed by atoms with Crippen molar-refractivity contribution in [1.29, 1.82) is 0 Å². The largest absolute Gasteiger partial charge is 0.503 e. The highest BCUT2D eigenvalue weighted by molar-refractivity contribution is 9.10. The number of imide groups is 2. The number of nitrogens with one attached hydrogen (secondary N) is 1. The number of nitrogens with zero attached hydrogens (tertiary/aromatic N) is 1. The summed E-state index contributed by atoms with van der Waals surface area (Å²) in [6.45, 7) is 2.02. The van der Waals surface area contributed by atoms with Gasteiger partial charge in [0.1, 0.15) is 11.4 Å². The lowest BCUT2D eigenvalue weighted by atomic mass is 10.1. The Morgan fingerprint density at radius 3 is 2.64 bits per heavy atom. The first-order valence-corrected chi connectivity index (χ1v) is 8.94. The van der Waals surface area contributed by atoms with Crippen LogP contribution in [-0.4, -0.2) is 29.6 Å². The molecule has 2 N–H and O–H groups in total. The first kappa shape index (κ1) is 19.6. The molecule has 0 aromatic heterocycles. The maximum atomic E-state index is 14.1. The number of aromatic hydroxyl groups is 1. The highest BCUT2D eigenvalue weighted by atomic mass is 79.9. The SMILES string of the molecule is CCOc1cc(/C=C2/C(=O)NC(=O)N(c3ccccc3F)C2=O)cc(Br)c1O. The van der Waals surface area contributed by atoms with Gasteiger partial charge in [-0.05, 0) is 58.8 Å². The van der Waals surface area contributed by atoms with Crippen molar-refractivity contribution >= 4 is 45.5 Å². The Morgan fingerprint density at radius 2 is 1.96 bits per heavy atom. The molecule has 0 aliphatic carbocycles. The van der Waals surface area contributed by atoms with Gasteiger partial charge in [0.15, 0.2) is 11.5 Å². The van der Waals surface area contributed by atoms with Crippen molar-refractivity contribution < 1.29 is 28.6 Å². The zero-order valence-corrected chi connectivity index (χ0v) is 16.1. The summed E-state index contributed by atoms with van der Waals surface area (Å²) in [5, 5.41) is 12.0. The summed E-state index contributed by atoms with van der Waals surface area (Å²) in [6.07, 6.45) is 1.23. The van der Waals surface area contributed by atoms with Crippen LogP contribution in [-0.2, 0) is 9.59 Å². The number of phenols is 1. The van der Waals surface area contributed by atoms with Crippen molar-refractivity contribution in [2.24, 2.45) is 0 Å². The van der Waals surface area contributed by atoms with E-state index in [9.17, 15) is 23.9 Å². The normalized spacial score (nSPS) is 15.8. The fourth-order valence-corrected chi connectivity index (χ4v) is 3.08. The maximum absolute atomic E-state index is 14.1. The van der Waals surface area contributed by atoms with Crippen LogP contribution in [0.3, 0.4) is 0 Å². The smallest absolute Gasteiger partial charge is 0.336 e. The van der Waals surface area contributed by atoms with Crippen LogP contribution in [0.4, 0.5) is 14.9 Å². The monoisotopic (exact) mass is 448 g/mol. The summed E-state index contributed by atoms with van der Waals surface area (Å²) in [5.74, 6) is -2.66. The molecule has 4 amide bonds. The van der Waals surface area contributed by atoms with Crippen molar-refractivity contribution in [2.75, 3.05) is 11.5 Å². The molecule has 2 aromatic carbocycles. The number of ether oxygens (including phenoxy) is 1. The van der Waals surface area contributed by atoms with Crippen molar-refractivity contribution in [1.82, 2.24) is 5.32 Å². The van der Waals surface area contributed by atoms with E-state index in [4.69, 9.17) is 4.74 Å². The summed E-state index contributed by atoms with van der Waals surface area (Å²) < 4.78 is 19.7. The van der Waals surface area contributed by atoms with Gasteiger partial charge in [-0.15, -0.1) is 0 Å². The minimum Gasteiger partial charge on any atom is -0.503 e. The van der Waals surface area contributed by atoms with Gasteiger partial charge < -0.3 is 9.84 Å². The molecule has 1 aliphatic rings. The lowest BCUT2D eigenvalue weighted by Crippen LogP contribution is -2.54. The second kappa shape index (κ2) is 7.81. The van der Waals surface area contributed by atoms with Crippen LogP contribution in [0.5, 0.6) is 11.5 Å². The number of urea groups is 1. The molecule has 0 bridgehead atoms. The Balaban J connectivity index is 2.06. The molecule has 0 saturated carbocycles. The molecular formula is C19H14BrFN2O5.